The summed E-state index contributed by atoms with van der Waals surface area (Å²) in [6.07, 6.45) is 10.7. The van der Waals surface area contributed by atoms with Gasteiger partial charge in [0.1, 0.15) is 12.1 Å². The van der Waals surface area contributed by atoms with Crippen LogP contribution < -0.4 is 4.90 Å². The standard InChI is InChI=1S/C60H38N6/c61-35-38-31-57(39(36-62)30-56(38)65-53-25-13-9-21-46(53)60-42-17-5-4-14-37(42)26-28-55(60)65)66-54-29-27-41(64-50-22-10-6-18-43(50)44-19-7-11-23-51(44)64)32-47(54)49-34-58-48(33-59(49)66)45-20-8-12-24-52(45)63(58)40-15-2-1-3-16-40/h1-25,27,29-34,43,50H,26,28H2. The minimum atomic E-state index is 0.144. The van der Waals surface area contributed by atoms with Crippen molar-refractivity contribution >= 4 is 65.9 Å². The van der Waals surface area contributed by atoms with E-state index in [9.17, 15) is 10.5 Å². The van der Waals surface area contributed by atoms with Crippen LogP contribution in [0.15, 0.2) is 194 Å². The second-order valence-electron chi connectivity index (χ2n) is 17.8. The lowest BCUT2D eigenvalue weighted by molar-refractivity contribution is 0.745. The zero-order chi connectivity index (χ0) is 43.6. The van der Waals surface area contributed by atoms with Crippen LogP contribution in [0.1, 0.15) is 33.9 Å². The first-order valence-corrected chi connectivity index (χ1v) is 22.7. The Morgan fingerprint density at radius 3 is 1.88 bits per heavy atom. The van der Waals surface area contributed by atoms with Crippen LogP contribution in [0.5, 0.6) is 0 Å². The van der Waals surface area contributed by atoms with E-state index in [0.717, 1.165) is 84.4 Å². The van der Waals surface area contributed by atoms with Gasteiger partial charge in [-0.1, -0.05) is 121 Å². The molecule has 2 aliphatic carbocycles. The van der Waals surface area contributed by atoms with Crippen molar-refractivity contribution in [3.05, 3.63) is 222 Å². The maximum Gasteiger partial charge on any atom is 0.101 e. The van der Waals surface area contributed by atoms with Crippen LogP contribution >= 0.6 is 0 Å². The van der Waals surface area contributed by atoms with Gasteiger partial charge in [-0.25, -0.2) is 0 Å². The van der Waals surface area contributed by atoms with Crippen molar-refractivity contribution in [2.75, 3.05) is 4.90 Å². The molecule has 308 valence electrons. The summed E-state index contributed by atoms with van der Waals surface area (Å²) in [5.74, 6) is 0.253. The van der Waals surface area contributed by atoms with Gasteiger partial charge in [-0.2, -0.15) is 10.5 Å². The highest BCUT2D eigenvalue weighted by Crippen LogP contribution is 2.50. The molecule has 6 heteroatoms. The minimum absolute atomic E-state index is 0.144. The molecular weight excluding hydrogens is 805 g/mol. The Bertz CT molecular complexity index is 4050. The van der Waals surface area contributed by atoms with Crippen molar-refractivity contribution in [1.82, 2.24) is 13.7 Å². The number of aromatic nitrogens is 3. The molecule has 1 aliphatic heterocycles. The van der Waals surface area contributed by atoms with Crippen LogP contribution in [0.4, 0.5) is 11.4 Å². The van der Waals surface area contributed by atoms with E-state index in [1.165, 1.54) is 33.6 Å². The molecule has 0 saturated heterocycles. The van der Waals surface area contributed by atoms with Gasteiger partial charge in [0.2, 0.25) is 0 Å². The van der Waals surface area contributed by atoms with Gasteiger partial charge in [-0.15, -0.1) is 0 Å². The average molecular weight is 843 g/mol. The third kappa shape index (κ3) is 4.98. The Kier molecular flexibility index (Phi) is 7.67. The number of benzene rings is 8. The molecule has 0 saturated carbocycles. The summed E-state index contributed by atoms with van der Waals surface area (Å²) in [5.41, 5.74) is 17.3. The zero-order valence-electron chi connectivity index (χ0n) is 35.7. The number of anilines is 2. The molecule has 0 bridgehead atoms. The van der Waals surface area contributed by atoms with E-state index in [1.807, 2.05) is 12.1 Å². The number of nitriles is 2. The normalized spacial score (nSPS) is 15.9. The van der Waals surface area contributed by atoms with E-state index in [0.29, 0.717) is 16.8 Å². The maximum absolute atomic E-state index is 11.3. The number of hydrogen-bond donors (Lipinski definition) is 0. The monoisotopic (exact) mass is 842 g/mol. The summed E-state index contributed by atoms with van der Waals surface area (Å²) < 4.78 is 6.84. The van der Waals surface area contributed by atoms with Crippen molar-refractivity contribution < 1.29 is 0 Å². The highest BCUT2D eigenvalue weighted by Gasteiger charge is 2.37. The molecular formula is C60H38N6. The highest BCUT2D eigenvalue weighted by molar-refractivity contribution is 6.19. The third-order valence-corrected chi connectivity index (χ3v) is 14.5. The van der Waals surface area contributed by atoms with Crippen LogP contribution in [0.25, 0.3) is 82.7 Å². The third-order valence-electron chi connectivity index (χ3n) is 14.5. The van der Waals surface area contributed by atoms with Crippen molar-refractivity contribution in [3.63, 3.8) is 0 Å². The van der Waals surface area contributed by atoms with Crippen LogP contribution in [0.3, 0.4) is 0 Å². The first-order valence-electron chi connectivity index (χ1n) is 22.7. The number of rotatable bonds is 4. The summed E-state index contributed by atoms with van der Waals surface area (Å²) in [4.78, 5) is 2.48. The van der Waals surface area contributed by atoms with Gasteiger partial charge in [0.15, 0.2) is 0 Å². The first kappa shape index (κ1) is 36.6. The van der Waals surface area contributed by atoms with Crippen molar-refractivity contribution in [1.29, 1.82) is 10.5 Å². The SMILES string of the molecule is N#Cc1cc(-n2c3ccc(N4c5ccccc5C5C=CC=CC54)cc3c3cc4c(cc32)c2ccccc2n4-c2ccccc2)c(C#N)cc1-n1c2c(c3ccccc31)-c1ccccc1CC2. The van der Waals surface area contributed by atoms with E-state index in [-0.39, 0.29) is 12.0 Å². The van der Waals surface area contributed by atoms with Crippen molar-refractivity contribution in [2.24, 2.45) is 0 Å². The molecule has 4 heterocycles. The molecule has 2 unspecified atom stereocenters. The fraction of sp³-hybridized carbons (Fsp3) is 0.0667. The van der Waals surface area contributed by atoms with Gasteiger partial charge in [0.05, 0.1) is 56.1 Å². The summed E-state index contributed by atoms with van der Waals surface area (Å²) >= 11 is 0. The molecule has 66 heavy (non-hydrogen) atoms. The Hall–Kier alpha value is -8.84. The summed E-state index contributed by atoms with van der Waals surface area (Å²) in [6, 6.07) is 65.8. The number of aryl methyl sites for hydroxylation is 1. The second kappa shape index (κ2) is 13.8. The lowest BCUT2D eigenvalue weighted by Crippen LogP contribution is -2.28. The van der Waals surface area contributed by atoms with Crippen LogP contribution in [-0.4, -0.2) is 19.7 Å². The molecule has 11 aromatic rings. The summed E-state index contributed by atoms with van der Waals surface area (Å²) in [5, 5.41) is 28.0. The number of hydrogen-bond acceptors (Lipinski definition) is 3. The van der Waals surface area contributed by atoms with Gasteiger partial charge >= 0.3 is 0 Å². The Morgan fingerprint density at radius 1 is 0.439 bits per heavy atom. The smallest absolute Gasteiger partial charge is 0.101 e. The molecule has 0 amide bonds. The number of para-hydroxylation sites is 4. The van der Waals surface area contributed by atoms with E-state index in [4.69, 9.17) is 0 Å². The van der Waals surface area contributed by atoms with E-state index >= 15 is 0 Å². The van der Waals surface area contributed by atoms with E-state index in [1.54, 1.807) is 0 Å². The topological polar surface area (TPSA) is 65.6 Å². The molecule has 2 atom stereocenters. The second-order valence-corrected chi connectivity index (χ2v) is 17.8. The Morgan fingerprint density at radius 2 is 1.06 bits per heavy atom. The molecule has 6 nitrogen and oxygen atoms in total. The zero-order valence-corrected chi connectivity index (χ0v) is 35.7. The number of fused-ring (bicyclic) bond motifs is 14. The molecule has 0 radical (unpaired) electrons. The number of allylic oxidation sites excluding steroid dienone is 2. The average Bonchev–Trinajstić information content (AvgIpc) is 4.10. The largest absolute Gasteiger partial charge is 0.333 e. The van der Waals surface area contributed by atoms with Gasteiger partial charge in [0.25, 0.3) is 0 Å². The molecule has 0 N–H and O–H groups in total. The van der Waals surface area contributed by atoms with E-state index in [2.05, 4.69) is 213 Å². The van der Waals surface area contributed by atoms with Gasteiger partial charge < -0.3 is 18.6 Å². The van der Waals surface area contributed by atoms with Crippen molar-refractivity contribution in [3.8, 4) is 40.3 Å². The molecule has 14 rings (SSSR count). The fourth-order valence-corrected chi connectivity index (χ4v) is 11.8. The van der Waals surface area contributed by atoms with Gasteiger partial charge in [-0.3, -0.25) is 0 Å². The number of nitrogens with zero attached hydrogens (tertiary/aromatic N) is 6. The molecule has 0 spiro atoms. The van der Waals surface area contributed by atoms with E-state index < -0.39 is 0 Å². The lowest BCUT2D eigenvalue weighted by Gasteiger charge is -2.28. The van der Waals surface area contributed by atoms with Crippen LogP contribution in [0.2, 0.25) is 0 Å². The van der Waals surface area contributed by atoms with Crippen LogP contribution in [-0.2, 0) is 12.8 Å². The van der Waals surface area contributed by atoms with Gasteiger partial charge in [0, 0.05) is 61.2 Å². The highest BCUT2D eigenvalue weighted by atomic mass is 15.2. The predicted molar refractivity (Wildman–Crippen MR) is 268 cm³/mol. The molecule has 8 aromatic carbocycles. The summed E-state index contributed by atoms with van der Waals surface area (Å²) in [7, 11) is 0. The Labute approximate surface area is 380 Å². The van der Waals surface area contributed by atoms with Crippen molar-refractivity contribution in [2.45, 2.75) is 24.8 Å². The first-order chi connectivity index (χ1) is 32.7. The van der Waals surface area contributed by atoms with Gasteiger partial charge in [-0.05, 0) is 102 Å². The molecule has 0 fully saturated rings. The Balaban J connectivity index is 1.06. The molecule has 3 aliphatic rings. The minimum Gasteiger partial charge on any atom is -0.333 e. The lowest BCUT2D eigenvalue weighted by atomic mass is 9.88. The maximum atomic E-state index is 11.3. The molecule has 3 aromatic heterocycles. The summed E-state index contributed by atoms with van der Waals surface area (Å²) in [6.45, 7) is 0. The van der Waals surface area contributed by atoms with Crippen LogP contribution in [0, 0.1) is 22.7 Å². The quantitative estimate of drug-likeness (QED) is 0.177. The predicted octanol–water partition coefficient (Wildman–Crippen LogP) is 14.1. The fourth-order valence-electron chi connectivity index (χ4n) is 11.8.